The van der Waals surface area contributed by atoms with Gasteiger partial charge in [0.2, 0.25) is 0 Å². The predicted octanol–water partition coefficient (Wildman–Crippen LogP) is 4.71. The Morgan fingerprint density at radius 2 is 2.03 bits per heavy atom. The monoisotopic (exact) mass is 511 g/mol. The molecule has 0 unspecified atom stereocenters. The first kappa shape index (κ1) is 24.9. The fraction of sp³-hybridized carbons (Fsp3) is 0.250. The molecule has 2 N–H and O–H groups in total. The molecular formula is C28H26FN7O2. The molecule has 0 radical (unpaired) electrons. The van der Waals surface area contributed by atoms with E-state index in [1.807, 2.05) is 38.1 Å². The number of rotatable bonds is 7. The predicted molar refractivity (Wildman–Crippen MR) is 140 cm³/mol. The number of likely N-dealkylation sites (tertiary alicyclic amines) is 1. The minimum atomic E-state index is -0.536. The number of hydrogen-bond donors (Lipinski definition) is 1. The van der Waals surface area contributed by atoms with Crippen molar-refractivity contribution in [3.05, 3.63) is 72.3 Å². The van der Waals surface area contributed by atoms with Gasteiger partial charge in [0.1, 0.15) is 46.8 Å². The number of para-hydroxylation sites is 1. The Balaban J connectivity index is 1.45. The van der Waals surface area contributed by atoms with Gasteiger partial charge >= 0.3 is 0 Å². The van der Waals surface area contributed by atoms with Gasteiger partial charge in [-0.25, -0.2) is 19.0 Å². The number of benzene rings is 2. The molecule has 10 heteroatoms. The van der Waals surface area contributed by atoms with E-state index < -0.39 is 5.82 Å². The van der Waals surface area contributed by atoms with E-state index in [4.69, 9.17) is 10.5 Å². The van der Waals surface area contributed by atoms with E-state index in [1.165, 1.54) is 12.4 Å². The Morgan fingerprint density at radius 1 is 1.24 bits per heavy atom. The molecule has 192 valence electrons. The van der Waals surface area contributed by atoms with E-state index in [9.17, 15) is 10.1 Å². The molecule has 5 rings (SSSR count). The molecule has 3 heterocycles. The van der Waals surface area contributed by atoms with Crippen molar-refractivity contribution in [3.8, 4) is 28.8 Å². The lowest BCUT2D eigenvalue weighted by atomic mass is 10.00. The largest absolute Gasteiger partial charge is 0.457 e. The first-order chi connectivity index (χ1) is 18.4. The molecule has 1 aliphatic rings. The van der Waals surface area contributed by atoms with Gasteiger partial charge in [-0.05, 0) is 36.6 Å². The molecule has 1 saturated heterocycles. The number of nitrogens with two attached hydrogens (primary N) is 1. The average molecular weight is 512 g/mol. The van der Waals surface area contributed by atoms with Gasteiger partial charge in [0, 0.05) is 18.2 Å². The SMILES string of the molecule is CC(C)/C=C(/C#N)C(=O)N1CC[C@@H]1Cn1nc(-c2ccc(Oc3ccccc3)cc2F)c2c(N)ncnc21. The van der Waals surface area contributed by atoms with Gasteiger partial charge in [0.05, 0.1) is 18.0 Å². The van der Waals surface area contributed by atoms with Gasteiger partial charge in [-0.15, -0.1) is 0 Å². The third-order valence-corrected chi connectivity index (χ3v) is 6.37. The van der Waals surface area contributed by atoms with Crippen molar-refractivity contribution >= 4 is 22.8 Å². The zero-order chi connectivity index (χ0) is 26.8. The molecule has 9 nitrogen and oxygen atoms in total. The molecule has 2 aromatic heterocycles. The molecule has 0 spiro atoms. The van der Waals surface area contributed by atoms with Crippen LogP contribution >= 0.6 is 0 Å². The zero-order valence-corrected chi connectivity index (χ0v) is 21.0. The smallest absolute Gasteiger partial charge is 0.264 e. The second kappa shape index (κ2) is 10.3. The van der Waals surface area contributed by atoms with Crippen LogP contribution in [0.2, 0.25) is 0 Å². The summed E-state index contributed by atoms with van der Waals surface area (Å²) in [4.78, 5) is 23.0. The van der Waals surface area contributed by atoms with Gasteiger partial charge in [0.25, 0.3) is 5.91 Å². The van der Waals surface area contributed by atoms with Crippen LogP contribution in [0.25, 0.3) is 22.3 Å². The molecule has 0 saturated carbocycles. The van der Waals surface area contributed by atoms with E-state index >= 15 is 4.39 Å². The highest BCUT2D eigenvalue weighted by atomic mass is 19.1. The van der Waals surface area contributed by atoms with E-state index in [1.54, 1.807) is 39.9 Å². The number of nitrogen functional groups attached to an aromatic ring is 1. The second-order valence-corrected chi connectivity index (χ2v) is 9.42. The summed E-state index contributed by atoms with van der Waals surface area (Å²) in [5, 5.41) is 14.5. The van der Waals surface area contributed by atoms with Crippen LogP contribution in [0.15, 0.2) is 66.5 Å². The first-order valence-corrected chi connectivity index (χ1v) is 12.3. The lowest BCUT2D eigenvalue weighted by molar-refractivity contribution is -0.134. The summed E-state index contributed by atoms with van der Waals surface area (Å²) < 4.78 is 22.7. The van der Waals surface area contributed by atoms with Crippen molar-refractivity contribution in [1.82, 2.24) is 24.6 Å². The van der Waals surface area contributed by atoms with Crippen LogP contribution in [0.4, 0.5) is 10.2 Å². The maximum atomic E-state index is 15.3. The normalized spacial score (nSPS) is 15.4. The van der Waals surface area contributed by atoms with Gasteiger partial charge in [-0.3, -0.25) is 4.79 Å². The molecule has 1 aliphatic heterocycles. The van der Waals surface area contributed by atoms with Gasteiger partial charge in [-0.1, -0.05) is 38.1 Å². The molecule has 0 bridgehead atoms. The number of hydrogen-bond acceptors (Lipinski definition) is 7. The molecule has 38 heavy (non-hydrogen) atoms. The number of nitriles is 1. The molecule has 4 aromatic rings. The first-order valence-electron chi connectivity index (χ1n) is 12.3. The van der Waals surface area contributed by atoms with Crippen molar-refractivity contribution < 1.29 is 13.9 Å². The van der Waals surface area contributed by atoms with Crippen LogP contribution in [0, 0.1) is 23.1 Å². The average Bonchev–Trinajstić information content (AvgIpc) is 3.25. The topological polar surface area (TPSA) is 123 Å². The highest BCUT2D eigenvalue weighted by molar-refractivity contribution is 5.99. The Labute approximate surface area is 219 Å². The van der Waals surface area contributed by atoms with Crippen LogP contribution in [0.5, 0.6) is 11.5 Å². The third kappa shape index (κ3) is 4.78. The van der Waals surface area contributed by atoms with Crippen molar-refractivity contribution in [2.75, 3.05) is 12.3 Å². The Bertz CT molecular complexity index is 1570. The molecule has 1 amide bonds. The van der Waals surface area contributed by atoms with Crippen LogP contribution < -0.4 is 10.5 Å². The second-order valence-electron chi connectivity index (χ2n) is 9.42. The molecule has 1 fully saturated rings. The highest BCUT2D eigenvalue weighted by Crippen LogP contribution is 2.35. The number of allylic oxidation sites excluding steroid dienone is 1. The van der Waals surface area contributed by atoms with Crippen molar-refractivity contribution in [2.24, 2.45) is 5.92 Å². The summed E-state index contributed by atoms with van der Waals surface area (Å²) in [6.07, 6.45) is 3.74. The Hall–Kier alpha value is -4.78. The molecule has 1 atom stereocenters. The van der Waals surface area contributed by atoms with Crippen LogP contribution in [0.1, 0.15) is 20.3 Å². The number of fused-ring (bicyclic) bond motifs is 1. The van der Waals surface area contributed by atoms with E-state index in [-0.39, 0.29) is 34.8 Å². The van der Waals surface area contributed by atoms with E-state index in [2.05, 4.69) is 15.1 Å². The highest BCUT2D eigenvalue weighted by Gasteiger charge is 2.35. The summed E-state index contributed by atoms with van der Waals surface area (Å²) in [5.74, 6) is 0.346. The van der Waals surface area contributed by atoms with Gasteiger partial charge in [-0.2, -0.15) is 10.4 Å². The summed E-state index contributed by atoms with van der Waals surface area (Å²) in [6, 6.07) is 15.5. The lowest BCUT2D eigenvalue weighted by Gasteiger charge is -2.40. The maximum absolute atomic E-state index is 15.3. The number of halogens is 1. The Kier molecular flexibility index (Phi) is 6.75. The number of carbonyl (C=O) groups excluding carboxylic acids is 1. The quantitative estimate of drug-likeness (QED) is 0.281. The Morgan fingerprint density at radius 3 is 2.68 bits per heavy atom. The van der Waals surface area contributed by atoms with Crippen LogP contribution in [-0.2, 0) is 11.3 Å². The minimum absolute atomic E-state index is 0.0741. The minimum Gasteiger partial charge on any atom is -0.457 e. The third-order valence-electron chi connectivity index (χ3n) is 6.37. The van der Waals surface area contributed by atoms with Crippen molar-refractivity contribution in [2.45, 2.75) is 32.9 Å². The fourth-order valence-corrected chi connectivity index (χ4v) is 4.46. The number of anilines is 1. The number of carbonyl (C=O) groups is 1. The lowest BCUT2D eigenvalue weighted by Crippen LogP contribution is -2.53. The van der Waals surface area contributed by atoms with E-state index in [0.717, 1.165) is 6.42 Å². The van der Waals surface area contributed by atoms with Crippen LogP contribution in [0.3, 0.4) is 0 Å². The maximum Gasteiger partial charge on any atom is 0.264 e. The fourth-order valence-electron chi connectivity index (χ4n) is 4.46. The van der Waals surface area contributed by atoms with Gasteiger partial charge < -0.3 is 15.4 Å². The standard InChI is InChI=1S/C28H26FN7O2/c1-17(2)12-18(14-30)28(37)35-11-10-19(35)15-36-27-24(26(31)32-16-33-27)25(34-36)22-9-8-21(13-23(22)29)38-20-6-4-3-5-7-20/h3-9,12-13,16-17,19H,10-11,15H2,1-2H3,(H2,31,32,33)/b18-12-/t19-/m1/s1. The summed E-state index contributed by atoms with van der Waals surface area (Å²) in [5.41, 5.74) is 7.28. The molecular weight excluding hydrogens is 485 g/mol. The number of ether oxygens (including phenoxy) is 1. The molecule has 2 aromatic carbocycles. The van der Waals surface area contributed by atoms with Crippen molar-refractivity contribution in [3.63, 3.8) is 0 Å². The number of aromatic nitrogens is 4. The van der Waals surface area contributed by atoms with Gasteiger partial charge in [0.15, 0.2) is 5.65 Å². The summed E-state index contributed by atoms with van der Waals surface area (Å²) >= 11 is 0. The van der Waals surface area contributed by atoms with Crippen LogP contribution in [-0.4, -0.2) is 43.1 Å². The van der Waals surface area contributed by atoms with E-state index in [0.29, 0.717) is 41.3 Å². The zero-order valence-electron chi connectivity index (χ0n) is 21.0. The summed E-state index contributed by atoms with van der Waals surface area (Å²) in [7, 11) is 0. The number of amides is 1. The summed E-state index contributed by atoms with van der Waals surface area (Å²) in [6.45, 7) is 4.69. The molecule has 0 aliphatic carbocycles. The van der Waals surface area contributed by atoms with Crippen molar-refractivity contribution in [1.29, 1.82) is 5.26 Å². The number of nitrogens with zero attached hydrogens (tertiary/aromatic N) is 6.